The van der Waals surface area contributed by atoms with Gasteiger partial charge in [-0.25, -0.2) is 0 Å². The molecule has 0 aliphatic carbocycles. The number of methoxy groups -OCH3 is 1. The van der Waals surface area contributed by atoms with E-state index in [1.165, 1.54) is 11.1 Å². The molecule has 94 valence electrons. The topological polar surface area (TPSA) is 27.7 Å². The molecule has 0 saturated carbocycles. The summed E-state index contributed by atoms with van der Waals surface area (Å²) >= 11 is 3.70. The predicted octanol–water partition coefficient (Wildman–Crippen LogP) is 2.86. The van der Waals surface area contributed by atoms with Crippen molar-refractivity contribution in [3.8, 4) is 5.75 Å². The number of benzene rings is 1. The predicted molar refractivity (Wildman–Crippen MR) is 70.0 cm³/mol. The molecule has 1 heterocycles. The minimum Gasteiger partial charge on any atom is -0.497 e. The maximum Gasteiger partial charge on any atom is 0.119 e. The van der Waals surface area contributed by atoms with Gasteiger partial charge in [0.05, 0.1) is 37.9 Å². The highest BCUT2D eigenvalue weighted by Gasteiger charge is 2.25. The molecule has 3 nitrogen and oxygen atoms in total. The second-order valence-corrected chi connectivity index (χ2v) is 5.09. The molecule has 17 heavy (non-hydrogen) atoms. The van der Waals surface area contributed by atoms with Crippen molar-refractivity contribution in [1.29, 1.82) is 0 Å². The van der Waals surface area contributed by atoms with E-state index in [1.54, 1.807) is 7.11 Å². The molecule has 1 aliphatic rings. The van der Waals surface area contributed by atoms with Gasteiger partial charge in [0.2, 0.25) is 0 Å². The largest absolute Gasteiger partial charge is 0.497 e. The molecule has 1 aliphatic heterocycles. The molecule has 0 radical (unpaired) electrons. The number of ether oxygens (including phenoxy) is 3. The van der Waals surface area contributed by atoms with Crippen molar-refractivity contribution >= 4 is 15.9 Å². The Labute approximate surface area is 110 Å². The second kappa shape index (κ2) is 5.85. The van der Waals surface area contributed by atoms with Gasteiger partial charge in [-0.1, -0.05) is 22.0 Å². The van der Waals surface area contributed by atoms with Crippen molar-refractivity contribution in [1.82, 2.24) is 0 Å². The van der Waals surface area contributed by atoms with Gasteiger partial charge in [0.1, 0.15) is 5.75 Å². The van der Waals surface area contributed by atoms with Crippen LogP contribution in [0.2, 0.25) is 0 Å². The van der Waals surface area contributed by atoms with Crippen LogP contribution in [0.5, 0.6) is 5.75 Å². The normalized spacial score (nSPS) is 22.2. The summed E-state index contributed by atoms with van der Waals surface area (Å²) in [7, 11) is 1.68. The van der Waals surface area contributed by atoms with Crippen molar-refractivity contribution in [3.05, 3.63) is 29.3 Å². The molecule has 2 atom stereocenters. The zero-order valence-corrected chi connectivity index (χ0v) is 11.7. The Bertz CT molecular complexity index is 375. The van der Waals surface area contributed by atoms with E-state index in [0.29, 0.717) is 19.8 Å². The smallest absolute Gasteiger partial charge is 0.119 e. The van der Waals surface area contributed by atoms with Crippen LogP contribution >= 0.6 is 15.9 Å². The fraction of sp³-hybridized carbons (Fsp3) is 0.538. The van der Waals surface area contributed by atoms with E-state index >= 15 is 0 Å². The van der Waals surface area contributed by atoms with E-state index in [2.05, 4.69) is 28.9 Å². The Morgan fingerprint density at radius 3 is 2.82 bits per heavy atom. The fourth-order valence-corrected chi connectivity index (χ4v) is 2.78. The lowest BCUT2D eigenvalue weighted by Gasteiger charge is -2.28. The Kier molecular flexibility index (Phi) is 4.42. The average molecular weight is 301 g/mol. The summed E-state index contributed by atoms with van der Waals surface area (Å²) in [6.45, 7) is 4.08. The minimum atomic E-state index is 0.0795. The molecule has 0 aromatic heterocycles. The summed E-state index contributed by atoms with van der Waals surface area (Å²) in [6.07, 6.45) is 0.0795. The van der Waals surface area contributed by atoms with E-state index in [1.807, 2.05) is 12.1 Å². The minimum absolute atomic E-state index is 0.0795. The maximum atomic E-state index is 5.70. The quantitative estimate of drug-likeness (QED) is 0.804. The van der Waals surface area contributed by atoms with Crippen LogP contribution in [0, 0.1) is 6.92 Å². The lowest BCUT2D eigenvalue weighted by molar-refractivity contribution is -0.0877. The van der Waals surface area contributed by atoms with Crippen LogP contribution in [0.15, 0.2) is 18.2 Å². The second-order valence-electron chi connectivity index (χ2n) is 4.11. The van der Waals surface area contributed by atoms with Crippen molar-refractivity contribution in [3.63, 3.8) is 0 Å². The summed E-state index contributed by atoms with van der Waals surface area (Å²) < 4.78 is 16.3. The third-order valence-electron chi connectivity index (χ3n) is 2.94. The van der Waals surface area contributed by atoms with Crippen molar-refractivity contribution in [2.24, 2.45) is 0 Å². The number of alkyl halides is 1. The first-order chi connectivity index (χ1) is 8.22. The van der Waals surface area contributed by atoms with Gasteiger partial charge < -0.3 is 14.2 Å². The summed E-state index contributed by atoms with van der Waals surface area (Å²) in [4.78, 5) is 0.161. The number of aryl methyl sites for hydroxylation is 1. The molecule has 0 amide bonds. The van der Waals surface area contributed by atoms with Crippen LogP contribution in [-0.4, -0.2) is 33.0 Å². The Morgan fingerprint density at radius 2 is 2.24 bits per heavy atom. The molecule has 1 saturated heterocycles. The van der Waals surface area contributed by atoms with Gasteiger partial charge in [-0.3, -0.25) is 0 Å². The molecule has 2 rings (SSSR count). The van der Waals surface area contributed by atoms with Gasteiger partial charge >= 0.3 is 0 Å². The van der Waals surface area contributed by atoms with Gasteiger partial charge in [0.15, 0.2) is 0 Å². The highest BCUT2D eigenvalue weighted by molar-refractivity contribution is 9.09. The van der Waals surface area contributed by atoms with E-state index in [-0.39, 0.29) is 10.9 Å². The summed E-state index contributed by atoms with van der Waals surface area (Å²) in [5.41, 5.74) is 2.42. The van der Waals surface area contributed by atoms with Crippen molar-refractivity contribution in [2.75, 3.05) is 26.9 Å². The summed E-state index contributed by atoms with van der Waals surface area (Å²) in [5, 5.41) is 0. The number of halogens is 1. The summed E-state index contributed by atoms with van der Waals surface area (Å²) in [6, 6.07) is 6.08. The van der Waals surface area contributed by atoms with Crippen LogP contribution < -0.4 is 4.74 Å². The third-order valence-corrected chi connectivity index (χ3v) is 4.03. The molecule has 1 aromatic rings. The van der Waals surface area contributed by atoms with Gasteiger partial charge in [-0.2, -0.15) is 0 Å². The first-order valence-electron chi connectivity index (χ1n) is 5.70. The van der Waals surface area contributed by atoms with Gasteiger partial charge in [0.25, 0.3) is 0 Å². The highest BCUT2D eigenvalue weighted by atomic mass is 79.9. The fourth-order valence-electron chi connectivity index (χ4n) is 1.96. The molecule has 0 N–H and O–H groups in total. The zero-order valence-electron chi connectivity index (χ0n) is 10.1. The zero-order chi connectivity index (χ0) is 12.3. The number of hydrogen-bond acceptors (Lipinski definition) is 3. The Balaban J connectivity index is 2.15. The first-order valence-corrected chi connectivity index (χ1v) is 6.62. The van der Waals surface area contributed by atoms with E-state index in [4.69, 9.17) is 14.2 Å². The monoisotopic (exact) mass is 300 g/mol. The number of rotatable bonds is 3. The molecule has 0 bridgehead atoms. The molecular weight excluding hydrogens is 284 g/mol. The van der Waals surface area contributed by atoms with Crippen LogP contribution in [-0.2, 0) is 9.47 Å². The molecule has 1 fully saturated rings. The van der Waals surface area contributed by atoms with E-state index in [9.17, 15) is 0 Å². The number of hydrogen-bond donors (Lipinski definition) is 0. The molecule has 2 unspecified atom stereocenters. The lowest BCUT2D eigenvalue weighted by atomic mass is 10.0. The van der Waals surface area contributed by atoms with Gasteiger partial charge in [-0.05, 0) is 30.2 Å². The first kappa shape index (κ1) is 12.9. The Hall–Kier alpha value is -0.580. The van der Waals surface area contributed by atoms with E-state index < -0.39 is 0 Å². The SMILES string of the molecule is COc1ccc(C(Br)C2COCCO2)c(C)c1. The van der Waals surface area contributed by atoms with E-state index in [0.717, 1.165) is 5.75 Å². The van der Waals surface area contributed by atoms with Gasteiger partial charge in [-0.15, -0.1) is 0 Å². The molecule has 0 spiro atoms. The lowest BCUT2D eigenvalue weighted by Crippen LogP contribution is -2.31. The molecule has 4 heteroatoms. The van der Waals surface area contributed by atoms with Crippen LogP contribution in [0.25, 0.3) is 0 Å². The van der Waals surface area contributed by atoms with Gasteiger partial charge in [0, 0.05) is 0 Å². The highest BCUT2D eigenvalue weighted by Crippen LogP contribution is 2.33. The summed E-state index contributed by atoms with van der Waals surface area (Å²) in [5.74, 6) is 0.881. The van der Waals surface area contributed by atoms with Crippen LogP contribution in [0.1, 0.15) is 16.0 Å². The van der Waals surface area contributed by atoms with Crippen molar-refractivity contribution < 1.29 is 14.2 Å². The molecular formula is C13H17BrO3. The third kappa shape index (κ3) is 3.00. The standard InChI is InChI=1S/C13H17BrO3/c1-9-7-10(15-2)3-4-11(9)13(14)12-8-16-5-6-17-12/h3-4,7,12-13H,5-6,8H2,1-2H3. The average Bonchev–Trinajstić information content (AvgIpc) is 2.39. The van der Waals surface area contributed by atoms with Crippen molar-refractivity contribution in [2.45, 2.75) is 17.9 Å². The van der Waals surface area contributed by atoms with Crippen LogP contribution in [0.3, 0.4) is 0 Å². The van der Waals surface area contributed by atoms with Crippen LogP contribution in [0.4, 0.5) is 0 Å². The maximum absolute atomic E-state index is 5.70. The Morgan fingerprint density at radius 1 is 1.41 bits per heavy atom. The molecule has 1 aromatic carbocycles.